The maximum atomic E-state index is 6.20. The van der Waals surface area contributed by atoms with Crippen molar-refractivity contribution in [2.24, 2.45) is 0 Å². The first kappa shape index (κ1) is 15.5. The number of hydrogen-bond donors (Lipinski definition) is 1. The highest BCUT2D eigenvalue weighted by atomic mass is 16.5. The molecular formula is C16H22N6O2. The molecule has 2 aromatic rings. The fourth-order valence-corrected chi connectivity index (χ4v) is 3.39. The van der Waals surface area contributed by atoms with E-state index >= 15 is 0 Å². The maximum absolute atomic E-state index is 6.20. The second kappa shape index (κ2) is 6.84. The zero-order chi connectivity index (χ0) is 16.2. The number of aromatic nitrogens is 4. The standard InChI is InChI=1S/C16H22N6O2/c1-3-17-15(18-4-1)22-7-8-23-13-16(12-22)11-21(6-9-24-16)10-14-2-5-19-20-14/h1-5H,6-13H2,(H,19,20). The minimum Gasteiger partial charge on any atom is -0.376 e. The van der Waals surface area contributed by atoms with E-state index in [1.54, 1.807) is 18.6 Å². The van der Waals surface area contributed by atoms with E-state index in [1.165, 1.54) is 0 Å². The Kier molecular flexibility index (Phi) is 4.42. The highest BCUT2D eigenvalue weighted by Gasteiger charge is 2.40. The third-order valence-corrected chi connectivity index (χ3v) is 4.46. The maximum Gasteiger partial charge on any atom is 0.225 e. The predicted octanol–water partition coefficient (Wildman–Crippen LogP) is 0.308. The van der Waals surface area contributed by atoms with Crippen molar-refractivity contribution in [3.05, 3.63) is 36.4 Å². The van der Waals surface area contributed by atoms with Crippen LogP contribution in [0.25, 0.3) is 0 Å². The molecule has 0 aromatic carbocycles. The molecule has 0 amide bonds. The Morgan fingerprint density at radius 3 is 2.88 bits per heavy atom. The lowest BCUT2D eigenvalue weighted by atomic mass is 10.0. The summed E-state index contributed by atoms with van der Waals surface area (Å²) in [6, 6.07) is 3.84. The van der Waals surface area contributed by atoms with Gasteiger partial charge in [0.2, 0.25) is 5.95 Å². The molecule has 8 heteroatoms. The van der Waals surface area contributed by atoms with Crippen molar-refractivity contribution in [2.45, 2.75) is 12.1 Å². The molecule has 4 rings (SSSR count). The van der Waals surface area contributed by atoms with Crippen molar-refractivity contribution in [2.75, 3.05) is 50.9 Å². The number of anilines is 1. The molecule has 0 radical (unpaired) electrons. The van der Waals surface area contributed by atoms with E-state index in [-0.39, 0.29) is 5.60 Å². The summed E-state index contributed by atoms with van der Waals surface area (Å²) >= 11 is 0. The molecule has 0 saturated carbocycles. The first-order valence-electron chi connectivity index (χ1n) is 8.27. The van der Waals surface area contributed by atoms with E-state index in [2.05, 4.69) is 30.0 Å². The van der Waals surface area contributed by atoms with Gasteiger partial charge in [0, 0.05) is 50.5 Å². The summed E-state index contributed by atoms with van der Waals surface area (Å²) in [5, 5.41) is 7.05. The van der Waals surface area contributed by atoms with E-state index in [0.29, 0.717) is 19.8 Å². The molecule has 128 valence electrons. The molecule has 0 aliphatic carbocycles. The minimum atomic E-state index is -0.353. The fourth-order valence-electron chi connectivity index (χ4n) is 3.39. The molecule has 1 N–H and O–H groups in total. The summed E-state index contributed by atoms with van der Waals surface area (Å²) in [5.41, 5.74) is 0.762. The molecule has 1 spiro atoms. The van der Waals surface area contributed by atoms with Crippen molar-refractivity contribution in [3.8, 4) is 0 Å². The van der Waals surface area contributed by atoms with Gasteiger partial charge in [-0.25, -0.2) is 9.97 Å². The van der Waals surface area contributed by atoms with Crippen LogP contribution in [-0.2, 0) is 16.0 Å². The number of H-pyrrole nitrogens is 1. The Morgan fingerprint density at radius 1 is 1.12 bits per heavy atom. The van der Waals surface area contributed by atoms with E-state index in [9.17, 15) is 0 Å². The monoisotopic (exact) mass is 330 g/mol. The van der Waals surface area contributed by atoms with Gasteiger partial charge in [0.25, 0.3) is 0 Å². The summed E-state index contributed by atoms with van der Waals surface area (Å²) < 4.78 is 12.1. The van der Waals surface area contributed by atoms with Gasteiger partial charge in [-0.2, -0.15) is 5.10 Å². The molecular weight excluding hydrogens is 308 g/mol. The topological polar surface area (TPSA) is 79.4 Å². The zero-order valence-electron chi connectivity index (χ0n) is 13.6. The SMILES string of the molecule is c1cnc(N2CCOCC3(CN(Cc4ccn[nH]4)CCO3)C2)nc1. The van der Waals surface area contributed by atoms with Gasteiger partial charge in [-0.15, -0.1) is 0 Å². The van der Waals surface area contributed by atoms with Gasteiger partial charge in [-0.05, 0) is 12.1 Å². The lowest BCUT2D eigenvalue weighted by Gasteiger charge is -2.43. The van der Waals surface area contributed by atoms with E-state index in [1.807, 2.05) is 12.1 Å². The highest BCUT2D eigenvalue weighted by molar-refractivity contribution is 5.30. The van der Waals surface area contributed by atoms with Gasteiger partial charge >= 0.3 is 0 Å². The lowest BCUT2D eigenvalue weighted by Crippen LogP contribution is -2.58. The number of hydrogen-bond acceptors (Lipinski definition) is 7. The molecule has 24 heavy (non-hydrogen) atoms. The summed E-state index contributed by atoms with van der Waals surface area (Å²) in [4.78, 5) is 13.3. The molecule has 2 aliphatic rings. The van der Waals surface area contributed by atoms with Gasteiger partial charge in [0.1, 0.15) is 5.60 Å². The Bertz CT molecular complexity index is 637. The molecule has 2 aromatic heterocycles. The van der Waals surface area contributed by atoms with E-state index in [0.717, 1.165) is 44.4 Å². The second-order valence-corrected chi connectivity index (χ2v) is 6.35. The molecule has 2 saturated heterocycles. The lowest BCUT2D eigenvalue weighted by molar-refractivity contribution is -0.134. The van der Waals surface area contributed by atoms with Crippen molar-refractivity contribution in [3.63, 3.8) is 0 Å². The normalized spacial score (nSPS) is 25.8. The van der Waals surface area contributed by atoms with Crippen LogP contribution in [0.4, 0.5) is 5.95 Å². The Labute approximate surface area is 140 Å². The van der Waals surface area contributed by atoms with Crippen LogP contribution in [0.15, 0.2) is 30.7 Å². The number of rotatable bonds is 3. The van der Waals surface area contributed by atoms with Crippen molar-refractivity contribution < 1.29 is 9.47 Å². The van der Waals surface area contributed by atoms with Crippen LogP contribution in [0.5, 0.6) is 0 Å². The average molecular weight is 330 g/mol. The molecule has 1 unspecified atom stereocenters. The number of nitrogens with zero attached hydrogens (tertiary/aromatic N) is 5. The smallest absolute Gasteiger partial charge is 0.225 e. The average Bonchev–Trinajstić information content (AvgIpc) is 3.03. The molecule has 2 fully saturated rings. The predicted molar refractivity (Wildman–Crippen MR) is 87.6 cm³/mol. The quantitative estimate of drug-likeness (QED) is 0.867. The number of morpholine rings is 1. The van der Waals surface area contributed by atoms with Gasteiger partial charge < -0.3 is 14.4 Å². The van der Waals surface area contributed by atoms with Crippen LogP contribution < -0.4 is 4.90 Å². The highest BCUT2D eigenvalue weighted by Crippen LogP contribution is 2.25. The van der Waals surface area contributed by atoms with E-state index in [4.69, 9.17) is 9.47 Å². The Balaban J connectivity index is 1.49. The zero-order valence-corrected chi connectivity index (χ0v) is 13.6. The van der Waals surface area contributed by atoms with Crippen molar-refractivity contribution in [1.82, 2.24) is 25.1 Å². The molecule has 1 atom stereocenters. The summed E-state index contributed by atoms with van der Waals surface area (Å²) in [6.07, 6.45) is 5.33. The van der Waals surface area contributed by atoms with Crippen LogP contribution in [-0.4, -0.2) is 76.7 Å². The van der Waals surface area contributed by atoms with Crippen molar-refractivity contribution in [1.29, 1.82) is 0 Å². The largest absolute Gasteiger partial charge is 0.376 e. The van der Waals surface area contributed by atoms with Crippen LogP contribution >= 0.6 is 0 Å². The molecule has 2 aliphatic heterocycles. The minimum absolute atomic E-state index is 0.353. The van der Waals surface area contributed by atoms with E-state index < -0.39 is 0 Å². The number of nitrogens with one attached hydrogen (secondary N) is 1. The third-order valence-electron chi connectivity index (χ3n) is 4.46. The molecule has 8 nitrogen and oxygen atoms in total. The van der Waals surface area contributed by atoms with Crippen LogP contribution in [0.1, 0.15) is 5.69 Å². The number of ether oxygens (including phenoxy) is 2. The van der Waals surface area contributed by atoms with Gasteiger partial charge in [0.15, 0.2) is 0 Å². The second-order valence-electron chi connectivity index (χ2n) is 6.35. The van der Waals surface area contributed by atoms with Crippen LogP contribution in [0.3, 0.4) is 0 Å². The fraction of sp³-hybridized carbons (Fsp3) is 0.562. The van der Waals surface area contributed by atoms with Crippen LogP contribution in [0, 0.1) is 0 Å². The molecule has 4 heterocycles. The van der Waals surface area contributed by atoms with Crippen molar-refractivity contribution >= 4 is 5.95 Å². The van der Waals surface area contributed by atoms with Gasteiger partial charge in [-0.1, -0.05) is 0 Å². The summed E-state index contributed by atoms with van der Waals surface area (Å²) in [5.74, 6) is 0.733. The summed E-state index contributed by atoms with van der Waals surface area (Å²) in [7, 11) is 0. The first-order valence-corrected chi connectivity index (χ1v) is 8.27. The Hall–Kier alpha value is -2.03. The Morgan fingerprint density at radius 2 is 2.04 bits per heavy atom. The third kappa shape index (κ3) is 3.40. The number of aromatic amines is 1. The van der Waals surface area contributed by atoms with Gasteiger partial charge in [0.05, 0.1) is 26.4 Å². The van der Waals surface area contributed by atoms with Gasteiger partial charge in [-0.3, -0.25) is 10.00 Å². The van der Waals surface area contributed by atoms with Crippen LogP contribution in [0.2, 0.25) is 0 Å². The molecule has 0 bridgehead atoms. The first-order chi connectivity index (χ1) is 11.8. The summed E-state index contributed by atoms with van der Waals surface area (Å²) in [6.45, 7) is 6.01.